The second-order valence-electron chi connectivity index (χ2n) is 8.05. The highest BCUT2D eigenvalue weighted by Crippen LogP contribution is 2.44. The first-order valence-electron chi connectivity index (χ1n) is 10.6. The van der Waals surface area contributed by atoms with Gasteiger partial charge in [0.15, 0.2) is 0 Å². The first-order chi connectivity index (χ1) is 15.4. The van der Waals surface area contributed by atoms with Crippen LogP contribution in [0.4, 0.5) is 4.79 Å². The van der Waals surface area contributed by atoms with Crippen molar-refractivity contribution in [3.8, 4) is 11.1 Å². The van der Waals surface area contributed by atoms with Crippen LogP contribution < -0.4 is 5.32 Å². The summed E-state index contributed by atoms with van der Waals surface area (Å²) in [5.74, 6) is -3.18. The van der Waals surface area contributed by atoms with Crippen LogP contribution in [0.1, 0.15) is 36.8 Å². The lowest BCUT2D eigenvalue weighted by Crippen LogP contribution is -2.51. The van der Waals surface area contributed by atoms with Crippen LogP contribution in [0.5, 0.6) is 0 Å². The number of hydrogen-bond donors (Lipinski definition) is 2. The summed E-state index contributed by atoms with van der Waals surface area (Å²) in [6, 6.07) is 14.0. The second-order valence-corrected chi connectivity index (χ2v) is 8.05. The Morgan fingerprint density at radius 2 is 1.66 bits per heavy atom. The Morgan fingerprint density at radius 3 is 2.25 bits per heavy atom. The molecule has 0 saturated carbocycles. The highest BCUT2D eigenvalue weighted by Gasteiger charge is 2.39. The number of likely N-dealkylation sites (tertiary alicyclic amines) is 1. The van der Waals surface area contributed by atoms with Crippen molar-refractivity contribution in [2.75, 3.05) is 13.2 Å². The van der Waals surface area contributed by atoms with Crippen LogP contribution in [0.25, 0.3) is 11.1 Å². The summed E-state index contributed by atoms with van der Waals surface area (Å²) >= 11 is 0. The number of rotatable bonds is 6. The Bertz CT molecular complexity index is 1040. The molecule has 1 fully saturated rings. The van der Waals surface area contributed by atoms with Gasteiger partial charge in [0.2, 0.25) is 5.91 Å². The minimum atomic E-state index is -1.56. The van der Waals surface area contributed by atoms with Crippen LogP contribution in [0.3, 0.4) is 0 Å². The maximum atomic E-state index is 12.7. The summed E-state index contributed by atoms with van der Waals surface area (Å²) in [5, 5.41) is 11.5. The van der Waals surface area contributed by atoms with Crippen molar-refractivity contribution < 1.29 is 29.0 Å². The van der Waals surface area contributed by atoms with Crippen molar-refractivity contribution in [1.29, 1.82) is 0 Å². The van der Waals surface area contributed by atoms with Gasteiger partial charge in [-0.15, -0.1) is 0 Å². The summed E-state index contributed by atoms with van der Waals surface area (Å²) in [6.45, 7) is 1.88. The maximum Gasteiger partial charge on any atom is 0.407 e. The molecule has 8 heteroatoms. The van der Waals surface area contributed by atoms with Gasteiger partial charge in [-0.05, 0) is 42.0 Å². The number of ether oxygens (including phenoxy) is 1. The standard InChI is InChI=1S/C24H24N2O6/c1-14(22(28)26-12-6-11-20(26)21(27)23(29)30)25-24(31)32-13-19-17-9-4-2-7-15(17)16-8-3-5-10-18(16)19/h2-5,7-10,14,19-20H,6,11-13H2,1H3,(H,25,31)(H,29,30)/t14-,20?/m0/s1. The van der Waals surface area contributed by atoms with Crippen molar-refractivity contribution in [2.24, 2.45) is 0 Å². The molecule has 2 N–H and O–H groups in total. The number of ketones is 1. The number of carbonyl (C=O) groups is 4. The van der Waals surface area contributed by atoms with Crippen molar-refractivity contribution >= 4 is 23.8 Å². The molecule has 1 saturated heterocycles. The van der Waals surface area contributed by atoms with E-state index in [0.717, 1.165) is 22.3 Å². The number of alkyl carbamates (subject to hydrolysis) is 1. The van der Waals surface area contributed by atoms with Gasteiger partial charge in [-0.2, -0.15) is 0 Å². The first-order valence-corrected chi connectivity index (χ1v) is 10.6. The Kier molecular flexibility index (Phi) is 5.94. The molecule has 32 heavy (non-hydrogen) atoms. The van der Waals surface area contributed by atoms with Crippen molar-refractivity contribution in [1.82, 2.24) is 10.2 Å². The van der Waals surface area contributed by atoms with Gasteiger partial charge < -0.3 is 20.1 Å². The smallest absolute Gasteiger partial charge is 0.407 e. The average molecular weight is 436 g/mol. The largest absolute Gasteiger partial charge is 0.475 e. The van der Waals surface area contributed by atoms with E-state index in [1.54, 1.807) is 0 Å². The quantitative estimate of drug-likeness (QED) is 0.673. The number of carboxylic acid groups (broad SMARTS) is 1. The van der Waals surface area contributed by atoms with E-state index in [1.807, 2.05) is 48.5 Å². The zero-order valence-electron chi connectivity index (χ0n) is 17.6. The lowest BCUT2D eigenvalue weighted by Gasteiger charge is -2.26. The minimum absolute atomic E-state index is 0.102. The number of Topliss-reactive ketones (excluding diaryl/α,β-unsaturated/α-hetero) is 1. The Hall–Kier alpha value is -3.68. The Morgan fingerprint density at radius 1 is 1.06 bits per heavy atom. The van der Waals surface area contributed by atoms with Crippen LogP contribution in [0.15, 0.2) is 48.5 Å². The third-order valence-corrected chi connectivity index (χ3v) is 6.10. The van der Waals surface area contributed by atoms with E-state index < -0.39 is 35.8 Å². The summed E-state index contributed by atoms with van der Waals surface area (Å²) in [5.41, 5.74) is 4.39. The molecule has 1 heterocycles. The third-order valence-electron chi connectivity index (χ3n) is 6.10. The molecule has 8 nitrogen and oxygen atoms in total. The van der Waals surface area contributed by atoms with Gasteiger partial charge in [-0.1, -0.05) is 48.5 Å². The lowest BCUT2D eigenvalue weighted by molar-refractivity contribution is -0.153. The molecule has 4 rings (SSSR count). The molecule has 0 aromatic heterocycles. The normalized spacial score (nSPS) is 17.9. The predicted octanol–water partition coefficient (Wildman–Crippen LogP) is 2.56. The van der Waals surface area contributed by atoms with Crippen molar-refractivity contribution in [3.63, 3.8) is 0 Å². The van der Waals surface area contributed by atoms with Crippen LogP contribution in [-0.2, 0) is 19.1 Å². The Labute approximate surface area is 185 Å². The number of nitrogens with one attached hydrogen (secondary N) is 1. The SMILES string of the molecule is C[C@H](NC(=O)OCC1c2ccccc2-c2ccccc21)C(=O)N1CCCC1C(=O)C(=O)O. The molecule has 0 spiro atoms. The van der Waals surface area contributed by atoms with Gasteiger partial charge in [-0.3, -0.25) is 9.59 Å². The number of carboxylic acids is 1. The summed E-state index contributed by atoms with van der Waals surface area (Å²) in [7, 11) is 0. The minimum Gasteiger partial charge on any atom is -0.475 e. The molecule has 1 aliphatic heterocycles. The van der Waals surface area contributed by atoms with Gasteiger partial charge in [-0.25, -0.2) is 9.59 Å². The van der Waals surface area contributed by atoms with Gasteiger partial charge in [0, 0.05) is 12.5 Å². The van der Waals surface area contributed by atoms with Gasteiger partial charge in [0.25, 0.3) is 5.78 Å². The van der Waals surface area contributed by atoms with Crippen LogP contribution in [0, 0.1) is 0 Å². The fourth-order valence-electron chi connectivity index (χ4n) is 4.57. The second kappa shape index (κ2) is 8.82. The molecule has 166 valence electrons. The number of fused-ring (bicyclic) bond motifs is 3. The summed E-state index contributed by atoms with van der Waals surface area (Å²) in [4.78, 5) is 49.2. The molecule has 1 aliphatic carbocycles. The molecule has 0 bridgehead atoms. The zero-order chi connectivity index (χ0) is 22.8. The highest BCUT2D eigenvalue weighted by molar-refractivity contribution is 6.35. The predicted molar refractivity (Wildman–Crippen MR) is 115 cm³/mol. The van der Waals surface area contributed by atoms with Gasteiger partial charge >= 0.3 is 12.1 Å². The molecular formula is C24H24N2O6. The fraction of sp³-hybridized carbons (Fsp3) is 0.333. The molecule has 2 aliphatic rings. The van der Waals surface area contributed by atoms with E-state index in [-0.39, 0.29) is 19.1 Å². The lowest BCUT2D eigenvalue weighted by atomic mass is 9.98. The summed E-state index contributed by atoms with van der Waals surface area (Å²) in [6.07, 6.45) is 0.0924. The molecular weight excluding hydrogens is 412 g/mol. The number of benzene rings is 2. The number of amides is 2. The molecule has 2 amide bonds. The van der Waals surface area contributed by atoms with Gasteiger partial charge in [0.05, 0.1) is 0 Å². The first kappa shape index (κ1) is 21.5. The van der Waals surface area contributed by atoms with Gasteiger partial charge in [0.1, 0.15) is 18.7 Å². The van der Waals surface area contributed by atoms with Crippen LogP contribution in [-0.4, -0.2) is 59.0 Å². The number of carbonyl (C=O) groups excluding carboxylic acids is 3. The topological polar surface area (TPSA) is 113 Å². The molecule has 2 aromatic rings. The van der Waals surface area contributed by atoms with E-state index in [1.165, 1.54) is 11.8 Å². The number of nitrogens with zero attached hydrogens (tertiary/aromatic N) is 1. The third kappa shape index (κ3) is 3.95. The van der Waals surface area contributed by atoms with Crippen molar-refractivity contribution in [3.05, 3.63) is 59.7 Å². The summed E-state index contributed by atoms with van der Waals surface area (Å²) < 4.78 is 5.45. The average Bonchev–Trinajstić information content (AvgIpc) is 3.40. The van der Waals surface area contributed by atoms with Crippen LogP contribution in [0.2, 0.25) is 0 Å². The fourth-order valence-corrected chi connectivity index (χ4v) is 4.57. The molecule has 2 atom stereocenters. The molecule has 2 aromatic carbocycles. The van der Waals surface area contributed by atoms with E-state index in [9.17, 15) is 19.2 Å². The van der Waals surface area contributed by atoms with Crippen molar-refractivity contribution in [2.45, 2.75) is 37.8 Å². The molecule has 0 radical (unpaired) electrons. The van der Waals surface area contributed by atoms with E-state index in [0.29, 0.717) is 12.8 Å². The van der Waals surface area contributed by atoms with E-state index >= 15 is 0 Å². The Balaban J connectivity index is 1.38. The molecule has 1 unspecified atom stereocenters. The maximum absolute atomic E-state index is 12.7. The number of aliphatic carboxylic acids is 1. The van der Waals surface area contributed by atoms with E-state index in [2.05, 4.69) is 5.32 Å². The van der Waals surface area contributed by atoms with Crippen LogP contribution >= 0.6 is 0 Å². The number of hydrogen-bond acceptors (Lipinski definition) is 5. The zero-order valence-corrected chi connectivity index (χ0v) is 17.6. The highest BCUT2D eigenvalue weighted by atomic mass is 16.5. The monoisotopic (exact) mass is 436 g/mol. The van der Waals surface area contributed by atoms with E-state index in [4.69, 9.17) is 9.84 Å².